The topological polar surface area (TPSA) is 68.5 Å². The van der Waals surface area contributed by atoms with Crippen LogP contribution in [0, 0.1) is 6.92 Å². The van der Waals surface area contributed by atoms with Gasteiger partial charge in [-0.25, -0.2) is 0 Å². The predicted molar refractivity (Wildman–Crippen MR) is 63.1 cm³/mol. The van der Waals surface area contributed by atoms with Gasteiger partial charge in [0.15, 0.2) is 6.61 Å². The van der Waals surface area contributed by atoms with Crippen molar-refractivity contribution in [3.63, 3.8) is 0 Å². The lowest BCUT2D eigenvalue weighted by Crippen LogP contribution is -2.30. The second-order valence-electron chi connectivity index (χ2n) is 3.66. The Morgan fingerprint density at radius 2 is 2.29 bits per heavy atom. The van der Waals surface area contributed by atoms with E-state index in [1.54, 1.807) is 6.92 Å². The van der Waals surface area contributed by atoms with Crippen LogP contribution >= 0.6 is 0 Å². The van der Waals surface area contributed by atoms with E-state index in [1.807, 2.05) is 6.92 Å². The fourth-order valence-electron chi connectivity index (χ4n) is 1.27. The molecule has 0 spiro atoms. The van der Waals surface area contributed by atoms with Crippen LogP contribution in [0.1, 0.15) is 25.5 Å². The second-order valence-corrected chi connectivity index (χ2v) is 3.66. The SMILES string of the molecule is CCCCNC(=O)COc1c(C)occc1=O. The molecule has 94 valence electrons. The van der Waals surface area contributed by atoms with Gasteiger partial charge in [-0.2, -0.15) is 0 Å². The number of hydrogen-bond acceptors (Lipinski definition) is 4. The zero-order valence-corrected chi connectivity index (χ0v) is 10.1. The van der Waals surface area contributed by atoms with Gasteiger partial charge in [0.1, 0.15) is 5.76 Å². The Balaban J connectivity index is 2.45. The molecule has 1 amide bonds. The minimum Gasteiger partial charge on any atom is -0.476 e. The van der Waals surface area contributed by atoms with Crippen molar-refractivity contribution in [3.05, 3.63) is 28.3 Å². The third-order valence-electron chi connectivity index (χ3n) is 2.21. The van der Waals surface area contributed by atoms with Crippen molar-refractivity contribution in [1.82, 2.24) is 5.32 Å². The van der Waals surface area contributed by atoms with Gasteiger partial charge in [-0.05, 0) is 13.3 Å². The first kappa shape index (κ1) is 13.3. The molecule has 1 aromatic rings. The number of aryl methyl sites for hydroxylation is 1. The van der Waals surface area contributed by atoms with Gasteiger partial charge >= 0.3 is 0 Å². The highest BCUT2D eigenvalue weighted by molar-refractivity contribution is 5.77. The number of unbranched alkanes of at least 4 members (excludes halogenated alkanes) is 1. The molecule has 17 heavy (non-hydrogen) atoms. The highest BCUT2D eigenvalue weighted by Gasteiger charge is 2.08. The van der Waals surface area contributed by atoms with E-state index in [2.05, 4.69) is 5.32 Å². The summed E-state index contributed by atoms with van der Waals surface area (Å²) in [5.74, 6) is 0.234. The molecule has 0 aromatic carbocycles. The number of hydrogen-bond donors (Lipinski definition) is 1. The highest BCUT2D eigenvalue weighted by atomic mass is 16.5. The van der Waals surface area contributed by atoms with E-state index in [-0.39, 0.29) is 23.7 Å². The lowest BCUT2D eigenvalue weighted by molar-refractivity contribution is -0.123. The van der Waals surface area contributed by atoms with Crippen LogP contribution in [0.5, 0.6) is 5.75 Å². The fourth-order valence-corrected chi connectivity index (χ4v) is 1.27. The summed E-state index contributed by atoms with van der Waals surface area (Å²) >= 11 is 0. The standard InChI is InChI=1S/C12H17NO4/c1-3-4-6-13-11(15)8-17-12-9(2)16-7-5-10(12)14/h5,7H,3-4,6,8H2,1-2H3,(H,13,15). The molecule has 0 bridgehead atoms. The average molecular weight is 239 g/mol. The second kappa shape index (κ2) is 6.73. The molecule has 5 nitrogen and oxygen atoms in total. The van der Waals surface area contributed by atoms with E-state index in [1.165, 1.54) is 12.3 Å². The fraction of sp³-hybridized carbons (Fsp3) is 0.500. The molecule has 0 aliphatic carbocycles. The molecule has 0 unspecified atom stereocenters. The van der Waals surface area contributed by atoms with Crippen LogP contribution in [0.2, 0.25) is 0 Å². The lowest BCUT2D eigenvalue weighted by Gasteiger charge is -2.07. The van der Waals surface area contributed by atoms with Crippen molar-refractivity contribution in [1.29, 1.82) is 0 Å². The molecule has 0 saturated carbocycles. The molecule has 0 atom stereocenters. The average Bonchev–Trinajstić information content (AvgIpc) is 2.29. The summed E-state index contributed by atoms with van der Waals surface area (Å²) in [6.45, 7) is 4.12. The Kier molecular flexibility index (Phi) is 5.26. The Labute approximate surface area is 99.8 Å². The van der Waals surface area contributed by atoms with Crippen LogP contribution in [0.4, 0.5) is 0 Å². The maximum atomic E-state index is 11.4. The van der Waals surface area contributed by atoms with E-state index in [0.717, 1.165) is 12.8 Å². The van der Waals surface area contributed by atoms with E-state index in [0.29, 0.717) is 12.3 Å². The highest BCUT2D eigenvalue weighted by Crippen LogP contribution is 2.09. The van der Waals surface area contributed by atoms with Crippen molar-refractivity contribution in [3.8, 4) is 5.75 Å². The summed E-state index contributed by atoms with van der Waals surface area (Å²) in [5.41, 5.74) is -0.282. The summed E-state index contributed by atoms with van der Waals surface area (Å²) in [6.07, 6.45) is 3.24. The molecule has 0 saturated heterocycles. The van der Waals surface area contributed by atoms with Crippen LogP contribution in [0.3, 0.4) is 0 Å². The Morgan fingerprint density at radius 3 is 2.94 bits per heavy atom. The molecule has 0 aliphatic rings. The molecule has 1 N–H and O–H groups in total. The van der Waals surface area contributed by atoms with Crippen LogP contribution < -0.4 is 15.5 Å². The number of carbonyl (C=O) groups is 1. The molecule has 0 fully saturated rings. The monoisotopic (exact) mass is 239 g/mol. The first-order valence-corrected chi connectivity index (χ1v) is 5.63. The van der Waals surface area contributed by atoms with Gasteiger partial charge in [0, 0.05) is 12.6 Å². The zero-order chi connectivity index (χ0) is 12.7. The van der Waals surface area contributed by atoms with E-state index >= 15 is 0 Å². The molecule has 5 heteroatoms. The van der Waals surface area contributed by atoms with Gasteiger partial charge in [0.2, 0.25) is 11.2 Å². The van der Waals surface area contributed by atoms with Gasteiger partial charge in [-0.3, -0.25) is 9.59 Å². The number of ether oxygens (including phenoxy) is 1. The summed E-state index contributed by atoms with van der Waals surface area (Å²) in [6, 6.07) is 1.26. The van der Waals surface area contributed by atoms with E-state index in [9.17, 15) is 9.59 Å². The summed E-state index contributed by atoms with van der Waals surface area (Å²) in [7, 11) is 0. The predicted octanol–water partition coefficient (Wildman–Crippen LogP) is 1.24. The quantitative estimate of drug-likeness (QED) is 0.758. The van der Waals surface area contributed by atoms with Crippen molar-refractivity contribution in [2.45, 2.75) is 26.7 Å². The molecule has 0 radical (unpaired) electrons. The number of rotatable bonds is 6. The van der Waals surface area contributed by atoms with Gasteiger partial charge in [-0.1, -0.05) is 13.3 Å². The largest absolute Gasteiger partial charge is 0.476 e. The first-order valence-electron chi connectivity index (χ1n) is 5.63. The van der Waals surface area contributed by atoms with Gasteiger partial charge in [0.25, 0.3) is 5.91 Å². The molecule has 1 heterocycles. The van der Waals surface area contributed by atoms with Crippen molar-refractivity contribution >= 4 is 5.91 Å². The Hall–Kier alpha value is -1.78. The lowest BCUT2D eigenvalue weighted by atomic mass is 10.3. The number of nitrogens with one attached hydrogen (secondary N) is 1. The van der Waals surface area contributed by atoms with Gasteiger partial charge in [0.05, 0.1) is 6.26 Å². The maximum absolute atomic E-state index is 11.4. The van der Waals surface area contributed by atoms with Crippen LogP contribution in [-0.4, -0.2) is 19.1 Å². The molecule has 0 aliphatic heterocycles. The molecule has 1 rings (SSSR count). The van der Waals surface area contributed by atoms with Crippen molar-refractivity contribution < 1.29 is 13.9 Å². The first-order chi connectivity index (χ1) is 8.15. The van der Waals surface area contributed by atoms with E-state index < -0.39 is 0 Å². The summed E-state index contributed by atoms with van der Waals surface area (Å²) in [5, 5.41) is 2.70. The number of amides is 1. The van der Waals surface area contributed by atoms with Crippen molar-refractivity contribution in [2.75, 3.05) is 13.2 Å². The third kappa shape index (κ3) is 4.30. The normalized spacial score (nSPS) is 10.0. The minimum atomic E-state index is -0.282. The van der Waals surface area contributed by atoms with Crippen molar-refractivity contribution in [2.24, 2.45) is 0 Å². The summed E-state index contributed by atoms with van der Waals surface area (Å²) in [4.78, 5) is 22.7. The molecular weight excluding hydrogens is 222 g/mol. The zero-order valence-electron chi connectivity index (χ0n) is 10.1. The minimum absolute atomic E-state index is 0.0955. The van der Waals surface area contributed by atoms with Gasteiger partial charge in [-0.15, -0.1) is 0 Å². The Morgan fingerprint density at radius 1 is 1.53 bits per heavy atom. The smallest absolute Gasteiger partial charge is 0.257 e. The number of carbonyl (C=O) groups excluding carboxylic acids is 1. The van der Waals surface area contributed by atoms with E-state index in [4.69, 9.17) is 9.15 Å². The summed E-state index contributed by atoms with van der Waals surface area (Å²) < 4.78 is 10.2. The van der Waals surface area contributed by atoms with Gasteiger partial charge < -0.3 is 14.5 Å². The third-order valence-corrected chi connectivity index (χ3v) is 2.21. The maximum Gasteiger partial charge on any atom is 0.257 e. The molecule has 1 aromatic heterocycles. The Bertz CT molecular complexity index is 425. The van der Waals surface area contributed by atoms with Crippen LogP contribution in [0.15, 0.2) is 21.5 Å². The van der Waals surface area contributed by atoms with Crippen LogP contribution in [-0.2, 0) is 4.79 Å². The van der Waals surface area contributed by atoms with Crippen LogP contribution in [0.25, 0.3) is 0 Å². The molecular formula is C12H17NO4.